The van der Waals surface area contributed by atoms with E-state index in [1.54, 1.807) is 4.90 Å². The fraction of sp³-hybridized carbons (Fsp3) is 0.895. The van der Waals surface area contributed by atoms with Crippen LogP contribution in [0.15, 0.2) is 0 Å². The summed E-state index contributed by atoms with van der Waals surface area (Å²) in [4.78, 5) is 31.9. The lowest BCUT2D eigenvalue weighted by atomic mass is 9.96. The monoisotopic (exact) mass is 354 g/mol. The summed E-state index contributed by atoms with van der Waals surface area (Å²) in [6.07, 6.45) is 2.97. The highest BCUT2D eigenvalue weighted by molar-refractivity contribution is 5.77. The second kappa shape index (κ2) is 11.5. The minimum atomic E-state index is 0.195. The Morgan fingerprint density at radius 2 is 1.48 bits per heavy atom. The van der Waals surface area contributed by atoms with Crippen LogP contribution in [-0.4, -0.2) is 97.9 Å². The van der Waals surface area contributed by atoms with Crippen molar-refractivity contribution in [3.8, 4) is 0 Å². The quantitative estimate of drug-likeness (QED) is 0.748. The van der Waals surface area contributed by atoms with Crippen molar-refractivity contribution in [3.05, 3.63) is 0 Å². The van der Waals surface area contributed by atoms with Gasteiger partial charge in [-0.3, -0.25) is 19.4 Å². The molecule has 25 heavy (non-hydrogen) atoms. The van der Waals surface area contributed by atoms with E-state index in [-0.39, 0.29) is 11.8 Å². The number of rotatable bonds is 5. The highest BCUT2D eigenvalue weighted by atomic mass is 16.2. The van der Waals surface area contributed by atoms with Gasteiger partial charge in [0.25, 0.3) is 0 Å². The summed E-state index contributed by atoms with van der Waals surface area (Å²) in [6.45, 7) is 13.4. The van der Waals surface area contributed by atoms with Gasteiger partial charge < -0.3 is 9.80 Å². The van der Waals surface area contributed by atoms with E-state index >= 15 is 0 Å². The van der Waals surface area contributed by atoms with Crippen LogP contribution in [-0.2, 0) is 9.59 Å². The van der Waals surface area contributed by atoms with Crippen LogP contribution in [0.5, 0.6) is 0 Å². The van der Waals surface area contributed by atoms with Crippen LogP contribution in [0.4, 0.5) is 0 Å². The van der Waals surface area contributed by atoms with Crippen molar-refractivity contribution in [3.63, 3.8) is 0 Å². The van der Waals surface area contributed by atoms with Crippen molar-refractivity contribution >= 4 is 11.8 Å². The molecule has 0 aromatic carbocycles. The summed E-state index contributed by atoms with van der Waals surface area (Å²) >= 11 is 0. The molecule has 2 amide bonds. The first-order valence-electron chi connectivity index (χ1n) is 9.92. The van der Waals surface area contributed by atoms with Gasteiger partial charge in [0.15, 0.2) is 0 Å². The Labute approximate surface area is 154 Å². The Morgan fingerprint density at radius 1 is 0.920 bits per heavy atom. The van der Waals surface area contributed by atoms with Crippen molar-refractivity contribution < 1.29 is 9.59 Å². The molecule has 2 aliphatic rings. The second-order valence-electron chi connectivity index (χ2n) is 7.04. The molecule has 0 radical (unpaired) electrons. The molecule has 0 aliphatic carbocycles. The third-order valence-electron chi connectivity index (χ3n) is 5.11. The van der Waals surface area contributed by atoms with Crippen LogP contribution >= 0.6 is 0 Å². The average molecular weight is 355 g/mol. The molecule has 0 aromatic heterocycles. The van der Waals surface area contributed by atoms with E-state index in [1.807, 2.05) is 39.8 Å². The zero-order valence-corrected chi connectivity index (χ0v) is 17.0. The fourth-order valence-electron chi connectivity index (χ4n) is 3.43. The van der Waals surface area contributed by atoms with Crippen LogP contribution < -0.4 is 0 Å². The lowest BCUT2D eigenvalue weighted by molar-refractivity contribution is -0.133. The normalized spacial score (nSPS) is 20.0. The van der Waals surface area contributed by atoms with Gasteiger partial charge in [0.05, 0.1) is 6.54 Å². The number of piperazine rings is 1. The zero-order chi connectivity index (χ0) is 18.8. The lowest BCUT2D eigenvalue weighted by Crippen LogP contribution is -2.50. The molecule has 0 atom stereocenters. The van der Waals surface area contributed by atoms with E-state index in [0.717, 1.165) is 51.7 Å². The number of carbonyl (C=O) groups is 2. The second-order valence-corrected chi connectivity index (χ2v) is 7.04. The van der Waals surface area contributed by atoms with Crippen molar-refractivity contribution in [1.29, 1.82) is 0 Å². The molecule has 0 unspecified atom stereocenters. The van der Waals surface area contributed by atoms with Gasteiger partial charge in [0.1, 0.15) is 0 Å². The Bertz CT molecular complexity index is 398. The summed E-state index contributed by atoms with van der Waals surface area (Å²) in [5.74, 6) is 1.21. The van der Waals surface area contributed by atoms with Crippen molar-refractivity contribution in [2.45, 2.75) is 40.0 Å². The van der Waals surface area contributed by atoms with Crippen LogP contribution in [0.3, 0.4) is 0 Å². The topological polar surface area (TPSA) is 47.1 Å². The van der Waals surface area contributed by atoms with Gasteiger partial charge in [-0.05, 0) is 31.8 Å². The molecular weight excluding hydrogens is 316 g/mol. The highest BCUT2D eigenvalue weighted by Gasteiger charge is 2.25. The number of piperidine rings is 1. The van der Waals surface area contributed by atoms with E-state index in [2.05, 4.69) is 9.80 Å². The number of likely N-dealkylation sites (tertiary alicyclic amines) is 1. The van der Waals surface area contributed by atoms with Gasteiger partial charge in [-0.2, -0.15) is 0 Å². The van der Waals surface area contributed by atoms with Crippen LogP contribution in [0.25, 0.3) is 0 Å². The van der Waals surface area contributed by atoms with Gasteiger partial charge in [-0.15, -0.1) is 0 Å². The first kappa shape index (κ1) is 21.9. The maximum absolute atomic E-state index is 11.8. The van der Waals surface area contributed by atoms with Gasteiger partial charge in [-0.25, -0.2) is 0 Å². The molecule has 6 nitrogen and oxygen atoms in total. The molecule has 0 aromatic rings. The summed E-state index contributed by atoms with van der Waals surface area (Å²) in [7, 11) is 3.63. The Hall–Kier alpha value is -1.14. The third-order valence-corrected chi connectivity index (χ3v) is 5.11. The SMILES string of the molecule is CC.CCC(=O)N1CCN(CC2CCN(CC(=O)N(C)C)CC2)CC1. The average Bonchev–Trinajstić information content (AvgIpc) is 2.65. The predicted molar refractivity (Wildman–Crippen MR) is 103 cm³/mol. The summed E-state index contributed by atoms with van der Waals surface area (Å²) in [5, 5.41) is 0. The molecule has 146 valence electrons. The Morgan fingerprint density at radius 3 is 1.96 bits per heavy atom. The first-order valence-corrected chi connectivity index (χ1v) is 9.92. The smallest absolute Gasteiger partial charge is 0.236 e. The van der Waals surface area contributed by atoms with Gasteiger partial charge in [-0.1, -0.05) is 20.8 Å². The van der Waals surface area contributed by atoms with E-state index in [4.69, 9.17) is 0 Å². The van der Waals surface area contributed by atoms with E-state index in [1.165, 1.54) is 12.8 Å². The summed E-state index contributed by atoms with van der Waals surface area (Å²) in [5.41, 5.74) is 0. The first-order chi connectivity index (χ1) is 12.0. The molecule has 2 heterocycles. The van der Waals surface area contributed by atoms with Crippen molar-refractivity contribution in [2.75, 3.05) is 66.5 Å². The summed E-state index contributed by atoms with van der Waals surface area (Å²) in [6, 6.07) is 0. The van der Waals surface area contributed by atoms with E-state index < -0.39 is 0 Å². The minimum absolute atomic E-state index is 0.195. The number of likely N-dealkylation sites (N-methyl/N-ethyl adjacent to an activating group) is 1. The van der Waals surface area contributed by atoms with Gasteiger partial charge in [0, 0.05) is 53.2 Å². The number of nitrogens with zero attached hydrogens (tertiary/aromatic N) is 4. The largest absolute Gasteiger partial charge is 0.348 e. The standard InChI is InChI=1S/C17H32N4O2.C2H6/c1-4-16(22)21-11-9-20(10-12-21)13-15-5-7-19(8-6-15)14-17(23)18(2)3;1-2/h15H,4-14H2,1-3H3;1-2H3. The third kappa shape index (κ3) is 7.32. The summed E-state index contributed by atoms with van der Waals surface area (Å²) < 4.78 is 0. The van der Waals surface area contributed by atoms with Gasteiger partial charge in [0.2, 0.25) is 11.8 Å². The maximum atomic E-state index is 11.8. The molecule has 6 heteroatoms. The number of hydrogen-bond acceptors (Lipinski definition) is 4. The number of hydrogen-bond donors (Lipinski definition) is 0. The van der Waals surface area contributed by atoms with E-state index in [9.17, 15) is 9.59 Å². The number of carbonyl (C=O) groups excluding carboxylic acids is 2. The maximum Gasteiger partial charge on any atom is 0.236 e. The van der Waals surface area contributed by atoms with E-state index in [0.29, 0.717) is 13.0 Å². The molecule has 0 spiro atoms. The van der Waals surface area contributed by atoms with Crippen molar-refractivity contribution in [2.24, 2.45) is 5.92 Å². The molecule has 0 N–H and O–H groups in total. The molecular formula is C19H38N4O2. The molecule has 0 saturated carbocycles. The highest BCUT2D eigenvalue weighted by Crippen LogP contribution is 2.19. The fourth-order valence-corrected chi connectivity index (χ4v) is 3.43. The van der Waals surface area contributed by atoms with Crippen molar-refractivity contribution in [1.82, 2.24) is 19.6 Å². The molecule has 0 bridgehead atoms. The van der Waals surface area contributed by atoms with Gasteiger partial charge >= 0.3 is 0 Å². The number of amides is 2. The molecule has 2 rings (SSSR count). The molecule has 2 aliphatic heterocycles. The lowest BCUT2D eigenvalue weighted by Gasteiger charge is -2.38. The van der Waals surface area contributed by atoms with Crippen LogP contribution in [0.1, 0.15) is 40.0 Å². The van der Waals surface area contributed by atoms with Crippen LogP contribution in [0, 0.1) is 5.92 Å². The molecule has 2 saturated heterocycles. The predicted octanol–water partition coefficient (Wildman–Crippen LogP) is 1.37. The van der Waals surface area contributed by atoms with Crippen LogP contribution in [0.2, 0.25) is 0 Å². The Kier molecular flexibility index (Phi) is 10.0. The zero-order valence-electron chi connectivity index (χ0n) is 17.0. The minimum Gasteiger partial charge on any atom is -0.348 e. The molecule has 2 fully saturated rings. The Balaban J connectivity index is 0.00000151.